The molecule has 1 aromatic carbocycles. The van der Waals surface area contributed by atoms with E-state index in [4.69, 9.17) is 25.8 Å². The Morgan fingerprint density at radius 2 is 2.04 bits per heavy atom. The van der Waals surface area contributed by atoms with Crippen LogP contribution in [0.3, 0.4) is 0 Å². The molecule has 1 radical (unpaired) electrons. The number of fused-ring (bicyclic) bond motifs is 1. The summed E-state index contributed by atoms with van der Waals surface area (Å²) in [4.78, 5) is 20.5. The van der Waals surface area contributed by atoms with Crippen LogP contribution in [0, 0.1) is 0 Å². The topological polar surface area (TPSA) is 73.4 Å². The fourth-order valence-corrected chi connectivity index (χ4v) is 6.53. The monoisotopic (exact) mass is 483 g/mol. The van der Waals surface area contributed by atoms with Gasteiger partial charge in [0, 0.05) is 14.2 Å². The van der Waals surface area contributed by atoms with E-state index in [1.165, 1.54) is 14.2 Å². The second-order valence-corrected chi connectivity index (χ2v) is 11.8. The van der Waals surface area contributed by atoms with Crippen LogP contribution in [0.25, 0.3) is 22.3 Å². The number of nitrogens with zero attached hydrogens (tertiary/aromatic N) is 1. The Kier molecular flexibility index (Phi) is 7.18. The molecule has 2 heterocycles. The molecule has 0 atom stereocenters. The Labute approximate surface area is 178 Å². The van der Waals surface area contributed by atoms with E-state index in [0.29, 0.717) is 32.1 Å². The van der Waals surface area contributed by atoms with Crippen molar-refractivity contribution in [3.8, 4) is 17.1 Å². The summed E-state index contributed by atoms with van der Waals surface area (Å²) in [5.74, 6) is 0.449. The van der Waals surface area contributed by atoms with Crippen LogP contribution in [0.5, 0.6) is 5.75 Å². The van der Waals surface area contributed by atoms with E-state index in [0.717, 1.165) is 9.49 Å². The number of rotatable bonds is 8. The average molecular weight is 484 g/mol. The molecule has 0 fully saturated rings. The fourth-order valence-electron chi connectivity index (χ4n) is 2.57. The van der Waals surface area contributed by atoms with Crippen molar-refractivity contribution in [1.29, 1.82) is 0 Å². The summed E-state index contributed by atoms with van der Waals surface area (Å²) in [5.41, 5.74) is 1.82. The Balaban J connectivity index is 1.97. The van der Waals surface area contributed by atoms with Crippen molar-refractivity contribution in [2.75, 3.05) is 20.8 Å². The van der Waals surface area contributed by atoms with Gasteiger partial charge in [-0.05, 0) is 0 Å². The predicted molar refractivity (Wildman–Crippen MR) is 114 cm³/mol. The van der Waals surface area contributed by atoms with Gasteiger partial charge < -0.3 is 0 Å². The first-order valence-corrected chi connectivity index (χ1v) is 11.9. The van der Waals surface area contributed by atoms with Crippen LogP contribution in [-0.2, 0) is 9.47 Å². The molecule has 3 rings (SSSR count). The Bertz CT molecular complexity index is 1020. The summed E-state index contributed by atoms with van der Waals surface area (Å²) >= 11 is 8.18. The summed E-state index contributed by atoms with van der Waals surface area (Å²) in [6.45, 7) is 4.56. The SMILES string of the molecule is COC(COc1ccc2c(=O)cc(-c3csc([As]C(C)C)n3)[nH]c2c1Cl)OC. The van der Waals surface area contributed by atoms with Crippen LogP contribution in [-0.4, -0.2) is 52.8 Å². The zero-order chi connectivity index (χ0) is 20.3. The van der Waals surface area contributed by atoms with E-state index < -0.39 is 6.29 Å². The van der Waals surface area contributed by atoms with Crippen molar-refractivity contribution in [2.45, 2.75) is 24.8 Å². The molecule has 0 bridgehead atoms. The quantitative estimate of drug-likeness (QED) is 0.392. The van der Waals surface area contributed by atoms with Crippen LogP contribution in [0.15, 0.2) is 28.4 Å². The van der Waals surface area contributed by atoms with Crippen LogP contribution in [0.2, 0.25) is 9.73 Å². The van der Waals surface area contributed by atoms with Crippen molar-refractivity contribution < 1.29 is 14.2 Å². The molecular weight excluding hydrogens is 463 g/mol. The third kappa shape index (κ3) is 4.78. The standard InChI is InChI=1S/C19H21AsClN2O4S/c1-10(2)20-19-23-13(9-28-19)12-7-14(24)11-5-6-15(17(21)18(11)22-12)27-8-16(25-3)26-4/h5-7,9-10,16H,8H2,1-4H3,(H,22,24). The van der Waals surface area contributed by atoms with Crippen LogP contribution in [0.1, 0.15) is 13.8 Å². The van der Waals surface area contributed by atoms with Crippen molar-refractivity contribution in [1.82, 2.24) is 9.97 Å². The number of methoxy groups -OCH3 is 2. The summed E-state index contributed by atoms with van der Waals surface area (Å²) in [5, 5.41) is 2.81. The third-order valence-corrected chi connectivity index (χ3v) is 7.93. The normalized spacial score (nSPS) is 12.1. The number of halogens is 1. The molecule has 3 aromatic rings. The number of aromatic amines is 1. The zero-order valence-corrected chi connectivity index (χ0v) is 19.4. The van der Waals surface area contributed by atoms with Gasteiger partial charge in [-0.15, -0.1) is 0 Å². The van der Waals surface area contributed by atoms with Gasteiger partial charge in [-0.1, -0.05) is 0 Å². The molecule has 2 aromatic heterocycles. The Hall–Kier alpha value is -1.37. The molecule has 0 unspecified atom stereocenters. The molecular formula is C19H21AsClN2O4S. The molecule has 149 valence electrons. The molecule has 0 saturated heterocycles. The first-order valence-electron chi connectivity index (χ1n) is 8.63. The summed E-state index contributed by atoms with van der Waals surface area (Å²) in [7, 11) is 3.07. The van der Waals surface area contributed by atoms with Gasteiger partial charge in [-0.25, -0.2) is 0 Å². The van der Waals surface area contributed by atoms with E-state index in [1.54, 1.807) is 29.5 Å². The third-order valence-electron chi connectivity index (χ3n) is 3.94. The first-order chi connectivity index (χ1) is 13.4. The summed E-state index contributed by atoms with van der Waals surface area (Å²) in [6, 6.07) is 4.94. The van der Waals surface area contributed by atoms with Gasteiger partial charge in [0.25, 0.3) is 0 Å². The van der Waals surface area contributed by atoms with E-state index >= 15 is 0 Å². The second kappa shape index (κ2) is 9.42. The smallest absolute Gasteiger partial charge is 0.0388 e. The molecule has 0 aliphatic carbocycles. The Morgan fingerprint density at radius 1 is 1.29 bits per heavy atom. The van der Waals surface area contributed by atoms with Crippen molar-refractivity contribution in [3.05, 3.63) is 38.8 Å². The number of hydrogen-bond acceptors (Lipinski definition) is 6. The number of aromatic nitrogens is 2. The minimum absolute atomic E-state index is 0.0240. The summed E-state index contributed by atoms with van der Waals surface area (Å²) < 4.78 is 17.7. The van der Waals surface area contributed by atoms with Gasteiger partial charge in [0.05, 0.1) is 0 Å². The van der Waals surface area contributed by atoms with Crippen LogP contribution >= 0.6 is 22.9 Å². The van der Waals surface area contributed by atoms with E-state index in [2.05, 4.69) is 23.8 Å². The molecule has 28 heavy (non-hydrogen) atoms. The van der Waals surface area contributed by atoms with Gasteiger partial charge in [-0.2, -0.15) is 0 Å². The van der Waals surface area contributed by atoms with Gasteiger partial charge in [0.15, 0.2) is 0 Å². The number of thiazole rings is 1. The number of nitrogens with one attached hydrogen (secondary N) is 1. The van der Waals surface area contributed by atoms with Crippen LogP contribution in [0.4, 0.5) is 0 Å². The van der Waals surface area contributed by atoms with Gasteiger partial charge >= 0.3 is 165 Å². The molecule has 0 saturated carbocycles. The molecule has 0 spiro atoms. The fraction of sp³-hybridized carbons (Fsp3) is 0.368. The molecule has 0 aliphatic heterocycles. The number of pyridine rings is 1. The molecule has 6 nitrogen and oxygen atoms in total. The number of H-pyrrole nitrogens is 1. The maximum atomic E-state index is 12.6. The van der Waals surface area contributed by atoms with Gasteiger partial charge in [0.2, 0.25) is 0 Å². The minimum atomic E-state index is -0.505. The zero-order valence-electron chi connectivity index (χ0n) is 16.0. The van der Waals surface area contributed by atoms with Crippen molar-refractivity contribution in [3.63, 3.8) is 0 Å². The average Bonchev–Trinajstić information content (AvgIpc) is 3.12. The maximum absolute atomic E-state index is 12.6. The molecule has 9 heteroatoms. The van der Waals surface area contributed by atoms with Gasteiger partial charge in [0.1, 0.15) is 0 Å². The number of hydrogen-bond donors (Lipinski definition) is 1. The minimum Gasteiger partial charge on any atom is 0.0388 e. The molecule has 0 aliphatic rings. The van der Waals surface area contributed by atoms with E-state index in [9.17, 15) is 4.79 Å². The van der Waals surface area contributed by atoms with Crippen molar-refractivity contribution in [2.24, 2.45) is 0 Å². The van der Waals surface area contributed by atoms with Crippen molar-refractivity contribution >= 4 is 53.4 Å². The summed E-state index contributed by atoms with van der Waals surface area (Å²) in [6.07, 6.45) is -0.505. The second-order valence-electron chi connectivity index (χ2n) is 6.30. The van der Waals surface area contributed by atoms with Gasteiger partial charge in [-0.3, -0.25) is 0 Å². The molecule has 1 N–H and O–H groups in total. The Morgan fingerprint density at radius 3 is 2.71 bits per heavy atom. The van der Waals surface area contributed by atoms with E-state index in [-0.39, 0.29) is 27.8 Å². The predicted octanol–water partition coefficient (Wildman–Crippen LogP) is 3.46. The number of ether oxygens (including phenoxy) is 3. The van der Waals surface area contributed by atoms with Crippen LogP contribution < -0.4 is 14.0 Å². The molecule has 0 amide bonds. The first kappa shape index (κ1) is 21.3. The number of benzene rings is 1. The van der Waals surface area contributed by atoms with E-state index in [1.807, 2.05) is 5.38 Å².